The molecule has 0 aliphatic rings. The average molecular weight is 258 g/mol. The van der Waals surface area contributed by atoms with E-state index in [1.807, 2.05) is 17.7 Å². The zero-order valence-electron chi connectivity index (χ0n) is 10.7. The van der Waals surface area contributed by atoms with Crippen LogP contribution in [-0.2, 0) is 13.6 Å². The summed E-state index contributed by atoms with van der Waals surface area (Å²) in [7, 11) is 3.37. The number of ether oxygens (including phenoxy) is 1. The summed E-state index contributed by atoms with van der Waals surface area (Å²) in [6.45, 7) is 0.299. The molecule has 2 heterocycles. The highest BCUT2D eigenvalue weighted by molar-refractivity contribution is 5.85. The molecule has 19 heavy (non-hydrogen) atoms. The number of nitrogens with zero attached hydrogens (tertiary/aromatic N) is 3. The minimum Gasteiger partial charge on any atom is -0.481 e. The van der Waals surface area contributed by atoms with Gasteiger partial charge in [-0.1, -0.05) is 0 Å². The van der Waals surface area contributed by atoms with E-state index in [0.29, 0.717) is 23.5 Å². The SMILES string of the molecule is COc1ccc2c(n1)c(C#N)c(CNC(=N)N)n2C. The Balaban J connectivity index is 2.60. The molecule has 0 aliphatic heterocycles. The third-order valence-electron chi connectivity index (χ3n) is 2.91. The number of rotatable bonds is 3. The van der Waals surface area contributed by atoms with E-state index in [2.05, 4.69) is 16.4 Å². The number of pyridine rings is 1. The van der Waals surface area contributed by atoms with Crippen molar-refractivity contribution < 1.29 is 4.74 Å². The topological polar surface area (TPSA) is 113 Å². The van der Waals surface area contributed by atoms with Crippen LogP contribution >= 0.6 is 0 Å². The molecule has 0 saturated heterocycles. The molecule has 4 N–H and O–H groups in total. The predicted molar refractivity (Wildman–Crippen MR) is 70.7 cm³/mol. The number of nitrogens with one attached hydrogen (secondary N) is 2. The summed E-state index contributed by atoms with van der Waals surface area (Å²) in [6, 6.07) is 5.73. The molecule has 7 heteroatoms. The van der Waals surface area contributed by atoms with Crippen molar-refractivity contribution >= 4 is 17.0 Å². The standard InChI is InChI=1S/C12H14N6O/c1-18-8-3-4-10(19-2)17-11(8)7(5-13)9(18)6-16-12(14)15/h3-4H,6H2,1-2H3,(H4,14,15,16). The molecule has 0 atom stereocenters. The van der Waals surface area contributed by atoms with Gasteiger partial charge < -0.3 is 20.4 Å². The highest BCUT2D eigenvalue weighted by Gasteiger charge is 2.16. The summed E-state index contributed by atoms with van der Waals surface area (Å²) in [6.07, 6.45) is 0. The molecule has 2 aromatic heterocycles. The van der Waals surface area contributed by atoms with E-state index in [9.17, 15) is 5.26 Å². The fourth-order valence-electron chi connectivity index (χ4n) is 1.96. The maximum absolute atomic E-state index is 9.30. The average Bonchev–Trinajstić information content (AvgIpc) is 2.67. The van der Waals surface area contributed by atoms with Crippen molar-refractivity contribution in [3.05, 3.63) is 23.4 Å². The Morgan fingerprint density at radius 3 is 2.95 bits per heavy atom. The molecule has 0 amide bonds. The number of guanidine groups is 1. The van der Waals surface area contributed by atoms with Gasteiger partial charge >= 0.3 is 0 Å². The third kappa shape index (κ3) is 2.15. The zero-order valence-corrected chi connectivity index (χ0v) is 10.7. The molecule has 2 rings (SSSR count). The van der Waals surface area contributed by atoms with E-state index < -0.39 is 0 Å². The maximum Gasteiger partial charge on any atom is 0.213 e. The summed E-state index contributed by atoms with van der Waals surface area (Å²) in [5.74, 6) is 0.320. The normalized spacial score (nSPS) is 10.2. The monoisotopic (exact) mass is 258 g/mol. The molecule has 0 radical (unpaired) electrons. The minimum absolute atomic E-state index is 0.139. The van der Waals surface area contributed by atoms with Crippen LogP contribution in [0.3, 0.4) is 0 Å². The lowest BCUT2D eigenvalue weighted by Crippen LogP contribution is -2.30. The van der Waals surface area contributed by atoms with Crippen LogP contribution in [0.25, 0.3) is 11.0 Å². The van der Waals surface area contributed by atoms with Crippen molar-refractivity contribution in [2.24, 2.45) is 12.8 Å². The van der Waals surface area contributed by atoms with Gasteiger partial charge in [-0.2, -0.15) is 5.26 Å². The lowest BCUT2D eigenvalue weighted by Gasteiger charge is -2.06. The fraction of sp³-hybridized carbons (Fsp3) is 0.250. The van der Waals surface area contributed by atoms with Crippen LogP contribution in [0.5, 0.6) is 5.88 Å². The molecular formula is C12H14N6O. The van der Waals surface area contributed by atoms with Crippen LogP contribution in [0.2, 0.25) is 0 Å². The van der Waals surface area contributed by atoms with Crippen LogP contribution < -0.4 is 15.8 Å². The Kier molecular flexibility index (Phi) is 3.25. The van der Waals surface area contributed by atoms with Gasteiger partial charge in [0.2, 0.25) is 5.88 Å². The number of aromatic nitrogens is 2. The zero-order chi connectivity index (χ0) is 14.0. The second kappa shape index (κ2) is 4.86. The third-order valence-corrected chi connectivity index (χ3v) is 2.91. The lowest BCUT2D eigenvalue weighted by atomic mass is 10.2. The fourth-order valence-corrected chi connectivity index (χ4v) is 1.96. The van der Waals surface area contributed by atoms with Crippen molar-refractivity contribution in [1.82, 2.24) is 14.9 Å². The van der Waals surface area contributed by atoms with Gasteiger partial charge in [-0.25, -0.2) is 4.98 Å². The Labute approximate surface area is 110 Å². The Bertz CT molecular complexity index is 682. The van der Waals surface area contributed by atoms with E-state index in [1.165, 1.54) is 7.11 Å². The summed E-state index contributed by atoms with van der Waals surface area (Å²) >= 11 is 0. The van der Waals surface area contributed by atoms with Crippen LogP contribution in [0.1, 0.15) is 11.3 Å². The number of aryl methyl sites for hydroxylation is 1. The molecule has 0 fully saturated rings. The number of fused-ring (bicyclic) bond motifs is 1. The molecule has 0 aliphatic carbocycles. The van der Waals surface area contributed by atoms with Crippen molar-refractivity contribution in [2.75, 3.05) is 7.11 Å². The Hall–Kier alpha value is -2.75. The van der Waals surface area contributed by atoms with Gasteiger partial charge in [0.1, 0.15) is 17.1 Å². The van der Waals surface area contributed by atoms with Crippen molar-refractivity contribution in [1.29, 1.82) is 10.7 Å². The first-order valence-corrected chi connectivity index (χ1v) is 5.58. The van der Waals surface area contributed by atoms with Crippen molar-refractivity contribution in [2.45, 2.75) is 6.54 Å². The molecule has 0 bridgehead atoms. The second-order valence-corrected chi connectivity index (χ2v) is 3.98. The van der Waals surface area contributed by atoms with Gasteiger partial charge in [-0.05, 0) is 6.07 Å². The Morgan fingerprint density at radius 2 is 2.37 bits per heavy atom. The lowest BCUT2D eigenvalue weighted by molar-refractivity contribution is 0.399. The number of nitriles is 1. The highest BCUT2D eigenvalue weighted by atomic mass is 16.5. The summed E-state index contributed by atoms with van der Waals surface area (Å²) in [5, 5.41) is 19.2. The van der Waals surface area contributed by atoms with Gasteiger partial charge in [0, 0.05) is 13.1 Å². The number of nitrogens with two attached hydrogens (primary N) is 1. The van der Waals surface area contributed by atoms with Crippen LogP contribution in [0, 0.1) is 16.7 Å². The minimum atomic E-state index is -0.139. The van der Waals surface area contributed by atoms with E-state index in [0.717, 1.165) is 11.2 Å². The first-order valence-electron chi connectivity index (χ1n) is 5.58. The summed E-state index contributed by atoms with van der Waals surface area (Å²) < 4.78 is 6.93. The quantitative estimate of drug-likeness (QED) is 0.546. The molecular weight excluding hydrogens is 244 g/mol. The van der Waals surface area contributed by atoms with Crippen LogP contribution in [0.4, 0.5) is 0 Å². The van der Waals surface area contributed by atoms with Gasteiger partial charge in [0.05, 0.1) is 24.9 Å². The molecule has 98 valence electrons. The molecule has 2 aromatic rings. The van der Waals surface area contributed by atoms with E-state index in [4.69, 9.17) is 15.9 Å². The molecule has 0 aromatic carbocycles. The molecule has 0 spiro atoms. The van der Waals surface area contributed by atoms with Crippen LogP contribution in [0.15, 0.2) is 12.1 Å². The molecule has 0 saturated carbocycles. The van der Waals surface area contributed by atoms with Crippen molar-refractivity contribution in [3.8, 4) is 11.9 Å². The predicted octanol–water partition coefficient (Wildman–Crippen LogP) is 0.437. The maximum atomic E-state index is 9.30. The Morgan fingerprint density at radius 1 is 1.63 bits per heavy atom. The first kappa shape index (κ1) is 12.7. The van der Waals surface area contributed by atoms with Gasteiger partial charge in [0.15, 0.2) is 5.96 Å². The van der Waals surface area contributed by atoms with E-state index in [1.54, 1.807) is 6.07 Å². The number of methoxy groups -OCH3 is 1. The van der Waals surface area contributed by atoms with Gasteiger partial charge in [-0.3, -0.25) is 5.41 Å². The smallest absolute Gasteiger partial charge is 0.213 e. The largest absolute Gasteiger partial charge is 0.481 e. The van der Waals surface area contributed by atoms with E-state index >= 15 is 0 Å². The second-order valence-electron chi connectivity index (χ2n) is 3.98. The van der Waals surface area contributed by atoms with Gasteiger partial charge in [-0.15, -0.1) is 0 Å². The number of hydrogen-bond donors (Lipinski definition) is 3. The highest BCUT2D eigenvalue weighted by Crippen LogP contribution is 2.25. The van der Waals surface area contributed by atoms with Crippen LogP contribution in [-0.4, -0.2) is 22.6 Å². The number of hydrogen-bond acceptors (Lipinski definition) is 4. The molecule has 7 nitrogen and oxygen atoms in total. The summed E-state index contributed by atoms with van der Waals surface area (Å²) in [4.78, 5) is 4.29. The first-order chi connectivity index (χ1) is 9.08. The molecule has 0 unspecified atom stereocenters. The summed E-state index contributed by atoms with van der Waals surface area (Å²) in [5.41, 5.74) is 7.88. The van der Waals surface area contributed by atoms with Crippen molar-refractivity contribution in [3.63, 3.8) is 0 Å². The van der Waals surface area contributed by atoms with Gasteiger partial charge in [0.25, 0.3) is 0 Å². The van der Waals surface area contributed by atoms with E-state index in [-0.39, 0.29) is 5.96 Å².